The summed E-state index contributed by atoms with van der Waals surface area (Å²) in [5.41, 5.74) is 0. The highest BCUT2D eigenvalue weighted by Crippen LogP contribution is 2.33. The van der Waals surface area contributed by atoms with Crippen molar-refractivity contribution < 1.29 is 0 Å². The maximum Gasteiger partial charge on any atom is -0.0351 e. The minimum atomic E-state index is 1.07. The summed E-state index contributed by atoms with van der Waals surface area (Å²) in [6.07, 6.45) is 23.4. The molecule has 0 saturated heterocycles. The van der Waals surface area contributed by atoms with Crippen LogP contribution in [0, 0.1) is 11.8 Å². The number of rotatable bonds is 5. The Morgan fingerprint density at radius 2 is 1.37 bits per heavy atom. The molecule has 0 nitrogen and oxygen atoms in total. The lowest BCUT2D eigenvalue weighted by molar-refractivity contribution is 0.254. The smallest absolute Gasteiger partial charge is 0.0351 e. The zero-order valence-corrected chi connectivity index (χ0v) is 13.5. The van der Waals surface area contributed by atoms with Gasteiger partial charge in [-0.3, -0.25) is 0 Å². The van der Waals surface area contributed by atoms with Gasteiger partial charge >= 0.3 is 0 Å². The monoisotopic (exact) mass is 264 g/mol. The van der Waals surface area contributed by atoms with Crippen molar-refractivity contribution in [2.45, 2.75) is 97.3 Å². The molecule has 1 saturated carbocycles. The van der Waals surface area contributed by atoms with Crippen LogP contribution in [0.2, 0.25) is 0 Å². The summed E-state index contributed by atoms with van der Waals surface area (Å²) in [4.78, 5) is 0. The molecule has 2 aliphatic rings. The van der Waals surface area contributed by atoms with Gasteiger partial charge in [0.25, 0.3) is 0 Å². The number of allylic oxidation sites excluding steroid dienone is 2. The first kappa shape index (κ1) is 16.8. The first-order chi connectivity index (χ1) is 9.36. The molecule has 112 valence electrons. The molecule has 0 unspecified atom stereocenters. The quantitative estimate of drug-likeness (QED) is 0.374. The van der Waals surface area contributed by atoms with Crippen LogP contribution in [0.1, 0.15) is 97.3 Å². The lowest BCUT2D eigenvalue weighted by atomic mass is 9.79. The highest BCUT2D eigenvalue weighted by molar-refractivity contribution is 4.85. The molecule has 0 heterocycles. The van der Waals surface area contributed by atoms with Gasteiger partial charge in [-0.15, -0.1) is 0 Å². The lowest BCUT2D eigenvalue weighted by Crippen LogP contribution is -2.13. The maximum absolute atomic E-state index is 2.35. The normalized spacial score (nSPS) is 26.6. The van der Waals surface area contributed by atoms with Crippen molar-refractivity contribution in [3.8, 4) is 0 Å². The Balaban J connectivity index is 0.000000250. The summed E-state index contributed by atoms with van der Waals surface area (Å²) in [5, 5.41) is 0. The van der Waals surface area contributed by atoms with Crippen molar-refractivity contribution >= 4 is 0 Å². The molecule has 0 spiro atoms. The third-order valence-corrected chi connectivity index (χ3v) is 4.92. The van der Waals surface area contributed by atoms with Crippen molar-refractivity contribution in [3.63, 3.8) is 0 Å². The van der Waals surface area contributed by atoms with E-state index in [1.807, 2.05) is 0 Å². The van der Waals surface area contributed by atoms with Gasteiger partial charge in [0, 0.05) is 0 Å². The molecule has 0 N–H and O–H groups in total. The van der Waals surface area contributed by atoms with E-state index in [2.05, 4.69) is 26.0 Å². The van der Waals surface area contributed by atoms with Crippen LogP contribution in [-0.2, 0) is 0 Å². The second-order valence-corrected chi connectivity index (χ2v) is 6.55. The van der Waals surface area contributed by atoms with E-state index in [1.165, 1.54) is 83.5 Å². The minimum Gasteiger partial charge on any atom is -0.0885 e. The summed E-state index contributed by atoms with van der Waals surface area (Å²) in [5.74, 6) is 2.16. The highest BCUT2D eigenvalue weighted by atomic mass is 14.2. The Morgan fingerprint density at radius 3 is 1.79 bits per heavy atom. The van der Waals surface area contributed by atoms with Crippen LogP contribution in [0.3, 0.4) is 0 Å². The Labute approximate surface area is 122 Å². The van der Waals surface area contributed by atoms with Gasteiger partial charge in [0.1, 0.15) is 0 Å². The van der Waals surface area contributed by atoms with Crippen molar-refractivity contribution in [1.29, 1.82) is 0 Å². The molecule has 0 aliphatic heterocycles. The summed E-state index contributed by atoms with van der Waals surface area (Å²) in [6.45, 7) is 4.65. The van der Waals surface area contributed by atoms with Gasteiger partial charge in [-0.25, -0.2) is 0 Å². The molecule has 0 aromatic heterocycles. The Morgan fingerprint density at radius 1 is 0.789 bits per heavy atom. The Kier molecular flexibility index (Phi) is 10.2. The van der Waals surface area contributed by atoms with Crippen molar-refractivity contribution in [2.75, 3.05) is 0 Å². The summed E-state index contributed by atoms with van der Waals surface area (Å²) < 4.78 is 0. The largest absolute Gasteiger partial charge is 0.0885 e. The molecule has 0 heteroatoms. The van der Waals surface area contributed by atoms with E-state index in [0.717, 1.165) is 11.8 Å². The van der Waals surface area contributed by atoms with Crippen LogP contribution in [0.15, 0.2) is 12.2 Å². The minimum absolute atomic E-state index is 1.07. The van der Waals surface area contributed by atoms with Crippen molar-refractivity contribution in [3.05, 3.63) is 12.2 Å². The molecular formula is C19H36. The maximum atomic E-state index is 2.35. The Bertz CT molecular complexity index is 197. The molecule has 0 bridgehead atoms. The molecule has 2 rings (SSSR count). The molecule has 0 amide bonds. The van der Waals surface area contributed by atoms with Gasteiger partial charge in [-0.2, -0.15) is 0 Å². The third kappa shape index (κ3) is 8.50. The van der Waals surface area contributed by atoms with Gasteiger partial charge in [0.2, 0.25) is 0 Å². The average Bonchev–Trinajstić information content (AvgIpc) is 2.51. The van der Waals surface area contributed by atoms with E-state index < -0.39 is 0 Å². The average molecular weight is 264 g/mol. The van der Waals surface area contributed by atoms with Crippen molar-refractivity contribution in [2.24, 2.45) is 11.8 Å². The first-order valence-corrected chi connectivity index (χ1v) is 9.01. The van der Waals surface area contributed by atoms with Gasteiger partial charge in [0.15, 0.2) is 0 Å². The first-order valence-electron chi connectivity index (χ1n) is 9.01. The van der Waals surface area contributed by atoms with Crippen LogP contribution in [0.4, 0.5) is 0 Å². The molecule has 0 aromatic rings. The fourth-order valence-corrected chi connectivity index (χ4v) is 3.37. The van der Waals surface area contributed by atoms with E-state index in [4.69, 9.17) is 0 Å². The molecule has 19 heavy (non-hydrogen) atoms. The zero-order valence-electron chi connectivity index (χ0n) is 13.5. The molecule has 1 fully saturated rings. The lowest BCUT2D eigenvalue weighted by Gasteiger charge is -2.27. The highest BCUT2D eigenvalue weighted by Gasteiger charge is 2.18. The second kappa shape index (κ2) is 11.6. The predicted octanol–water partition coefficient (Wildman–Crippen LogP) is 6.90. The SMILES string of the molecule is C1=CCCCC1.CCCCCC1CCC(CC)CC1. The third-order valence-electron chi connectivity index (χ3n) is 4.92. The van der Waals surface area contributed by atoms with Crippen LogP contribution >= 0.6 is 0 Å². The van der Waals surface area contributed by atoms with Crippen LogP contribution in [0.25, 0.3) is 0 Å². The molecule has 0 radical (unpaired) electrons. The van der Waals surface area contributed by atoms with Crippen LogP contribution in [-0.4, -0.2) is 0 Å². The molecule has 0 aromatic carbocycles. The van der Waals surface area contributed by atoms with E-state index >= 15 is 0 Å². The fraction of sp³-hybridized carbons (Fsp3) is 0.895. The number of hydrogen-bond donors (Lipinski definition) is 0. The van der Waals surface area contributed by atoms with Gasteiger partial charge < -0.3 is 0 Å². The number of hydrogen-bond acceptors (Lipinski definition) is 0. The second-order valence-electron chi connectivity index (χ2n) is 6.55. The summed E-state index contributed by atoms with van der Waals surface area (Å²) in [7, 11) is 0. The van der Waals surface area contributed by atoms with E-state index in [-0.39, 0.29) is 0 Å². The summed E-state index contributed by atoms with van der Waals surface area (Å²) >= 11 is 0. The topological polar surface area (TPSA) is 0 Å². The van der Waals surface area contributed by atoms with E-state index in [0.29, 0.717) is 0 Å². The van der Waals surface area contributed by atoms with E-state index in [1.54, 1.807) is 0 Å². The van der Waals surface area contributed by atoms with Gasteiger partial charge in [0.05, 0.1) is 0 Å². The number of unbranched alkanes of at least 4 members (excludes halogenated alkanes) is 2. The van der Waals surface area contributed by atoms with Crippen molar-refractivity contribution in [1.82, 2.24) is 0 Å². The predicted molar refractivity (Wildman–Crippen MR) is 87.5 cm³/mol. The van der Waals surface area contributed by atoms with Gasteiger partial charge in [-0.1, -0.05) is 83.8 Å². The molecule has 0 atom stereocenters. The van der Waals surface area contributed by atoms with Crippen LogP contribution in [0.5, 0.6) is 0 Å². The molecular weight excluding hydrogens is 228 g/mol. The Hall–Kier alpha value is -0.260. The zero-order chi connectivity index (χ0) is 13.8. The summed E-state index contributed by atoms with van der Waals surface area (Å²) in [6, 6.07) is 0. The van der Waals surface area contributed by atoms with E-state index in [9.17, 15) is 0 Å². The van der Waals surface area contributed by atoms with Gasteiger partial charge in [-0.05, 0) is 37.5 Å². The molecule has 2 aliphatic carbocycles. The standard InChI is InChI=1S/C13H26.C6H10/c1-3-5-6-7-13-10-8-12(4-2)9-11-13;1-2-4-6-5-3-1/h12-13H,3-11H2,1-2H3;1-2H,3-6H2. The van der Waals surface area contributed by atoms with Crippen LogP contribution < -0.4 is 0 Å². The fourth-order valence-electron chi connectivity index (χ4n) is 3.37.